The minimum absolute atomic E-state index is 0.0154. The number of nitrogens with one attached hydrogen (secondary N) is 1. The van der Waals surface area contributed by atoms with E-state index in [2.05, 4.69) is 12.2 Å². The van der Waals surface area contributed by atoms with Crippen molar-refractivity contribution in [3.05, 3.63) is 99.7 Å². The number of hydrogen-bond acceptors (Lipinski definition) is 5. The number of carbonyl (C=O) groups is 3. The zero-order valence-electron chi connectivity index (χ0n) is 19.7. The molecule has 3 aromatic rings. The lowest BCUT2D eigenvalue weighted by Gasteiger charge is -2.16. The normalized spacial score (nSPS) is 13.4. The molecule has 1 aliphatic heterocycles. The zero-order valence-corrected chi connectivity index (χ0v) is 20.5. The number of anilines is 2. The van der Waals surface area contributed by atoms with Crippen LogP contribution in [-0.2, 0) is 16.0 Å². The Morgan fingerprint density at radius 1 is 0.914 bits per heavy atom. The molecule has 0 aromatic heterocycles. The van der Waals surface area contributed by atoms with Gasteiger partial charge in [0.1, 0.15) is 16.5 Å². The molecule has 7 heteroatoms. The van der Waals surface area contributed by atoms with E-state index in [0.717, 1.165) is 28.9 Å². The predicted octanol–water partition coefficient (Wildman–Crippen LogP) is 5.91. The van der Waals surface area contributed by atoms with Gasteiger partial charge < -0.3 is 10.1 Å². The summed E-state index contributed by atoms with van der Waals surface area (Å²) in [6.45, 7) is 5.89. The quantitative estimate of drug-likeness (QED) is 0.254. The molecule has 1 N–H and O–H groups in total. The Labute approximate surface area is 209 Å². The van der Waals surface area contributed by atoms with Gasteiger partial charge in [-0.05, 0) is 85.5 Å². The first-order chi connectivity index (χ1) is 16.8. The fraction of sp³-hybridized carbons (Fsp3) is 0.179. The van der Waals surface area contributed by atoms with Crippen LogP contribution >= 0.6 is 11.6 Å². The van der Waals surface area contributed by atoms with Crippen molar-refractivity contribution in [2.75, 3.05) is 10.2 Å². The summed E-state index contributed by atoms with van der Waals surface area (Å²) in [6, 6.07) is 19.3. The topological polar surface area (TPSA) is 75.7 Å². The third-order valence-corrected chi connectivity index (χ3v) is 5.91. The zero-order chi connectivity index (χ0) is 25.1. The lowest BCUT2D eigenvalue weighted by Crippen LogP contribution is -2.32. The van der Waals surface area contributed by atoms with Gasteiger partial charge in [0.25, 0.3) is 11.8 Å². The smallest absolute Gasteiger partial charge is 0.343 e. The van der Waals surface area contributed by atoms with Crippen molar-refractivity contribution >= 4 is 40.8 Å². The van der Waals surface area contributed by atoms with Crippen molar-refractivity contribution in [2.24, 2.45) is 0 Å². The second-order valence-corrected chi connectivity index (χ2v) is 8.84. The van der Waals surface area contributed by atoms with E-state index in [-0.39, 0.29) is 10.7 Å². The van der Waals surface area contributed by atoms with Crippen LogP contribution in [0.5, 0.6) is 5.75 Å². The number of aryl methyl sites for hydroxylation is 3. The van der Waals surface area contributed by atoms with E-state index in [1.54, 1.807) is 48.5 Å². The SMILES string of the molecule is CCCc1ccc(OC(=O)c2ccc(NC3=C(Cl)C(=O)N(c4cc(C)cc(C)c4)C3=O)cc2)cc1. The van der Waals surface area contributed by atoms with Crippen molar-refractivity contribution in [1.29, 1.82) is 0 Å². The molecule has 4 rings (SSSR count). The molecule has 0 fully saturated rings. The molecule has 0 unspecified atom stereocenters. The third kappa shape index (κ3) is 5.28. The van der Waals surface area contributed by atoms with Crippen LogP contribution in [0, 0.1) is 13.8 Å². The number of benzene rings is 3. The number of rotatable bonds is 7. The van der Waals surface area contributed by atoms with Gasteiger partial charge in [-0.25, -0.2) is 9.69 Å². The average Bonchev–Trinajstić information content (AvgIpc) is 3.03. The van der Waals surface area contributed by atoms with Gasteiger partial charge in [0.15, 0.2) is 0 Å². The van der Waals surface area contributed by atoms with Crippen LogP contribution in [0.1, 0.15) is 40.4 Å². The number of carbonyl (C=O) groups excluding carboxylic acids is 3. The number of amides is 2. The number of nitrogens with zero attached hydrogens (tertiary/aromatic N) is 1. The average molecular weight is 489 g/mol. The molecule has 1 aliphatic rings. The van der Waals surface area contributed by atoms with Gasteiger partial charge in [0, 0.05) is 5.69 Å². The highest BCUT2D eigenvalue weighted by atomic mass is 35.5. The van der Waals surface area contributed by atoms with Crippen molar-refractivity contribution in [3.8, 4) is 5.75 Å². The van der Waals surface area contributed by atoms with Gasteiger partial charge in [0.2, 0.25) is 0 Å². The Morgan fingerprint density at radius 3 is 2.14 bits per heavy atom. The van der Waals surface area contributed by atoms with E-state index in [4.69, 9.17) is 16.3 Å². The monoisotopic (exact) mass is 488 g/mol. The summed E-state index contributed by atoms with van der Waals surface area (Å²) >= 11 is 6.23. The first-order valence-electron chi connectivity index (χ1n) is 11.3. The summed E-state index contributed by atoms with van der Waals surface area (Å²) in [4.78, 5) is 39.3. The van der Waals surface area contributed by atoms with E-state index >= 15 is 0 Å². The molecule has 0 radical (unpaired) electrons. The minimum atomic E-state index is -0.589. The maximum Gasteiger partial charge on any atom is 0.343 e. The largest absolute Gasteiger partial charge is 0.423 e. The molecule has 0 bridgehead atoms. The van der Waals surface area contributed by atoms with Crippen molar-refractivity contribution in [2.45, 2.75) is 33.6 Å². The van der Waals surface area contributed by atoms with E-state index in [9.17, 15) is 14.4 Å². The number of esters is 1. The van der Waals surface area contributed by atoms with Crippen LogP contribution in [0.15, 0.2) is 77.5 Å². The van der Waals surface area contributed by atoms with Gasteiger partial charge in [-0.3, -0.25) is 9.59 Å². The number of halogens is 1. The lowest BCUT2D eigenvalue weighted by molar-refractivity contribution is -0.120. The van der Waals surface area contributed by atoms with Gasteiger partial charge in [0.05, 0.1) is 11.3 Å². The second kappa shape index (κ2) is 10.2. The number of hydrogen-bond donors (Lipinski definition) is 1. The van der Waals surface area contributed by atoms with Crippen molar-refractivity contribution < 1.29 is 19.1 Å². The Balaban J connectivity index is 1.45. The Morgan fingerprint density at radius 2 is 1.54 bits per heavy atom. The molecule has 0 atom stereocenters. The summed E-state index contributed by atoms with van der Waals surface area (Å²) in [6.07, 6.45) is 2.02. The summed E-state index contributed by atoms with van der Waals surface area (Å²) in [7, 11) is 0. The molecule has 0 saturated carbocycles. The molecule has 0 saturated heterocycles. The Hall–Kier alpha value is -3.90. The first-order valence-corrected chi connectivity index (χ1v) is 11.7. The highest BCUT2D eigenvalue weighted by Gasteiger charge is 2.39. The van der Waals surface area contributed by atoms with Crippen LogP contribution in [0.25, 0.3) is 0 Å². The van der Waals surface area contributed by atoms with E-state index < -0.39 is 17.8 Å². The van der Waals surface area contributed by atoms with E-state index in [0.29, 0.717) is 22.7 Å². The lowest BCUT2D eigenvalue weighted by atomic mass is 10.1. The summed E-state index contributed by atoms with van der Waals surface area (Å²) in [5.41, 5.74) is 4.34. The number of imide groups is 1. The van der Waals surface area contributed by atoms with Crippen molar-refractivity contribution in [1.82, 2.24) is 0 Å². The minimum Gasteiger partial charge on any atom is -0.423 e. The molecule has 2 amide bonds. The van der Waals surface area contributed by atoms with Gasteiger partial charge in [-0.2, -0.15) is 0 Å². The predicted molar refractivity (Wildman–Crippen MR) is 137 cm³/mol. The van der Waals surface area contributed by atoms with Crippen molar-refractivity contribution in [3.63, 3.8) is 0 Å². The van der Waals surface area contributed by atoms with Crippen LogP contribution < -0.4 is 15.0 Å². The molecule has 35 heavy (non-hydrogen) atoms. The van der Waals surface area contributed by atoms with Gasteiger partial charge in [-0.1, -0.05) is 43.1 Å². The molecule has 0 aliphatic carbocycles. The third-order valence-electron chi connectivity index (χ3n) is 5.55. The summed E-state index contributed by atoms with van der Waals surface area (Å²) in [5, 5.41) is 2.73. The highest BCUT2D eigenvalue weighted by molar-refractivity contribution is 6.53. The van der Waals surface area contributed by atoms with Crippen LogP contribution in [0.2, 0.25) is 0 Å². The fourth-order valence-electron chi connectivity index (χ4n) is 3.94. The maximum absolute atomic E-state index is 13.0. The molecular weight excluding hydrogens is 464 g/mol. The molecule has 6 nitrogen and oxygen atoms in total. The molecule has 1 heterocycles. The van der Waals surface area contributed by atoms with Gasteiger partial charge >= 0.3 is 5.97 Å². The highest BCUT2D eigenvalue weighted by Crippen LogP contribution is 2.31. The maximum atomic E-state index is 13.0. The Kier molecular flexibility index (Phi) is 7.03. The van der Waals surface area contributed by atoms with E-state index in [1.165, 1.54) is 5.56 Å². The first kappa shape index (κ1) is 24.2. The van der Waals surface area contributed by atoms with Gasteiger partial charge in [-0.15, -0.1) is 0 Å². The number of ether oxygens (including phenoxy) is 1. The summed E-state index contributed by atoms with van der Waals surface area (Å²) in [5.74, 6) is -1.16. The Bertz CT molecular complexity index is 1310. The van der Waals surface area contributed by atoms with Crippen LogP contribution in [0.3, 0.4) is 0 Å². The molecule has 178 valence electrons. The molecule has 3 aromatic carbocycles. The summed E-state index contributed by atoms with van der Waals surface area (Å²) < 4.78 is 5.44. The van der Waals surface area contributed by atoms with Crippen LogP contribution in [0.4, 0.5) is 11.4 Å². The second-order valence-electron chi connectivity index (χ2n) is 8.47. The molecular formula is C28H25ClN2O4. The fourth-order valence-corrected chi connectivity index (χ4v) is 4.15. The van der Waals surface area contributed by atoms with Crippen LogP contribution in [-0.4, -0.2) is 17.8 Å². The standard InChI is InChI=1S/C28H25ClN2O4/c1-4-5-19-6-12-23(13-7-19)35-28(34)20-8-10-21(11-9-20)30-25-24(29)26(32)31(27(25)33)22-15-17(2)14-18(3)16-22/h6-16,30H,4-5H2,1-3H3. The molecule has 0 spiro atoms. The van der Waals surface area contributed by atoms with E-state index in [1.807, 2.05) is 32.0 Å².